The van der Waals surface area contributed by atoms with Crippen LogP contribution in [0.2, 0.25) is 0 Å². The van der Waals surface area contributed by atoms with Crippen molar-refractivity contribution in [2.45, 2.75) is 383 Å². The first kappa shape index (κ1) is 88.3. The van der Waals surface area contributed by atoms with Crippen LogP contribution in [-0.4, -0.2) is 69.0 Å². The molecule has 3 aromatic rings. The van der Waals surface area contributed by atoms with Crippen LogP contribution in [0.3, 0.4) is 0 Å². The third-order valence-corrected chi connectivity index (χ3v) is 23.8. The topological polar surface area (TPSA) is 54.5 Å². The van der Waals surface area contributed by atoms with Gasteiger partial charge in [0, 0.05) is 39.3 Å². The molecule has 0 bridgehead atoms. The molecule has 3 rings (SSSR count). The Morgan fingerprint density at radius 1 is 0.263 bits per heavy atom. The zero-order chi connectivity index (χ0) is 67.9. The van der Waals surface area contributed by atoms with Crippen LogP contribution >= 0.6 is 55.6 Å². The van der Waals surface area contributed by atoms with E-state index in [2.05, 4.69) is 174 Å². The molecule has 0 aliphatic heterocycles. The molecule has 0 amide bonds. The maximum Gasteiger partial charge on any atom is 0.478 e. The lowest BCUT2D eigenvalue weighted by atomic mass is 10.0. The molecule has 3 atom stereocenters. The molecule has 95 heavy (non-hydrogen) atoms. The fourth-order valence-electron chi connectivity index (χ4n) is 13.5. The standard InChI is InChI=1S/C84H147Br3N3O4P/c1-4-7-10-13-16-19-22-25-28-31-34-37-40-43-46-58-70-88(76-79-61-52-49-53-62-79)73-67-82(85)92-95(91,93-83(86)68-74-89(77-80-63-54-50-55-64-80)71-59-47-44-41-38-35-32-29-26-23-20-17-14-11-8-5-2)94-84(87)69-75-90(78-81-65-56-51-57-66-81)72-60-48-45-42-39-36-33-30-27-24-21-18-15-12-9-6-3/h49-57,61-66,82-84H,4-48,58-60,67-78H2,1-3H3. The zero-order valence-electron chi connectivity index (χ0n) is 61.9. The molecule has 0 aliphatic carbocycles. The number of phosphoric acid groups is 1. The van der Waals surface area contributed by atoms with E-state index >= 15 is 4.57 Å². The molecule has 11 heteroatoms. The molecule has 0 N–H and O–H groups in total. The fraction of sp³-hybridized carbons (Fsp3) is 0.786. The number of hydrogen-bond acceptors (Lipinski definition) is 7. The maximum absolute atomic E-state index is 15.4. The van der Waals surface area contributed by atoms with Crippen LogP contribution in [0.15, 0.2) is 91.0 Å². The quantitative estimate of drug-likeness (QED) is 0.0317. The molecule has 0 saturated carbocycles. The number of hydrogen-bond donors (Lipinski definition) is 0. The lowest BCUT2D eigenvalue weighted by Crippen LogP contribution is -2.29. The second-order valence-electron chi connectivity index (χ2n) is 28.6. The highest BCUT2D eigenvalue weighted by Gasteiger charge is 2.36. The van der Waals surface area contributed by atoms with Gasteiger partial charge in [0.2, 0.25) is 0 Å². The normalized spacial score (nSPS) is 13.6. The number of alkyl halides is 3. The van der Waals surface area contributed by atoms with Gasteiger partial charge in [-0.3, -0.25) is 28.3 Å². The van der Waals surface area contributed by atoms with Crippen molar-refractivity contribution in [1.82, 2.24) is 14.7 Å². The molecule has 548 valence electrons. The van der Waals surface area contributed by atoms with Crippen molar-refractivity contribution in [3.8, 4) is 0 Å². The largest absolute Gasteiger partial charge is 0.478 e. The van der Waals surface area contributed by atoms with Gasteiger partial charge in [-0.2, -0.15) is 0 Å². The van der Waals surface area contributed by atoms with Crippen LogP contribution in [0.4, 0.5) is 0 Å². The van der Waals surface area contributed by atoms with Crippen molar-refractivity contribution in [1.29, 1.82) is 0 Å². The highest BCUT2D eigenvalue weighted by molar-refractivity contribution is 9.10. The third-order valence-electron chi connectivity index (χ3n) is 19.5. The number of phosphoric ester groups is 1. The Bertz CT molecular complexity index is 1870. The van der Waals surface area contributed by atoms with Gasteiger partial charge in [0.15, 0.2) is 0 Å². The lowest BCUT2D eigenvalue weighted by Gasteiger charge is -2.29. The average molecular weight is 1530 g/mol. The summed E-state index contributed by atoms with van der Waals surface area (Å²) in [6.45, 7) is 14.9. The number of unbranched alkanes of at least 4 members (excludes halogenated alkanes) is 45. The van der Waals surface area contributed by atoms with Gasteiger partial charge >= 0.3 is 7.82 Å². The van der Waals surface area contributed by atoms with E-state index in [4.69, 9.17) is 13.6 Å². The maximum atomic E-state index is 15.4. The van der Waals surface area contributed by atoms with Crippen LogP contribution in [0.25, 0.3) is 0 Å². The highest BCUT2D eigenvalue weighted by Crippen LogP contribution is 2.56. The molecular weight excluding hydrogens is 1390 g/mol. The molecule has 3 unspecified atom stereocenters. The lowest BCUT2D eigenvalue weighted by molar-refractivity contribution is 0.0793. The Labute approximate surface area is 613 Å². The van der Waals surface area contributed by atoms with Gasteiger partial charge < -0.3 is 0 Å². The van der Waals surface area contributed by atoms with E-state index in [9.17, 15) is 0 Å². The van der Waals surface area contributed by atoms with Crippen LogP contribution < -0.4 is 0 Å². The third kappa shape index (κ3) is 54.5. The van der Waals surface area contributed by atoms with Crippen molar-refractivity contribution in [3.05, 3.63) is 108 Å². The van der Waals surface area contributed by atoms with Crippen molar-refractivity contribution >= 4 is 55.6 Å². The Hall–Kier alpha value is -0.910. The van der Waals surface area contributed by atoms with Crippen molar-refractivity contribution < 1.29 is 18.1 Å². The summed E-state index contributed by atoms with van der Waals surface area (Å²) in [4.78, 5) is 7.64. The molecule has 0 aliphatic rings. The van der Waals surface area contributed by atoms with Gasteiger partial charge in [0.1, 0.15) is 15.0 Å². The van der Waals surface area contributed by atoms with Crippen LogP contribution in [-0.2, 0) is 37.8 Å². The van der Waals surface area contributed by atoms with Crippen molar-refractivity contribution in [2.24, 2.45) is 0 Å². The summed E-state index contributed by atoms with van der Waals surface area (Å²) >= 11 is 11.7. The molecule has 0 fully saturated rings. The van der Waals surface area contributed by atoms with Crippen molar-refractivity contribution in [2.75, 3.05) is 39.3 Å². The van der Waals surface area contributed by atoms with Gasteiger partial charge in [-0.1, -0.05) is 448 Å². The molecule has 0 radical (unpaired) electrons. The van der Waals surface area contributed by atoms with Crippen LogP contribution in [0.5, 0.6) is 0 Å². The second-order valence-corrected chi connectivity index (χ2v) is 33.1. The SMILES string of the molecule is CCCCCCCCCCCCCCCCCCN(CCC(Br)OP(=O)(OC(Br)CCN(CCCCCCCCCCCCCCCCCC)Cc1ccccc1)OC(Br)CCN(CCCCCCCCCCCCCCCCCC)Cc1ccccc1)Cc1ccccc1. The minimum atomic E-state index is -4.13. The van der Waals surface area contributed by atoms with E-state index in [1.807, 2.05) is 0 Å². The molecule has 0 saturated heterocycles. The number of nitrogens with zero attached hydrogens (tertiary/aromatic N) is 3. The monoisotopic (exact) mass is 1530 g/mol. The smallest absolute Gasteiger partial charge is 0.299 e. The molecule has 3 aromatic carbocycles. The molecule has 0 heterocycles. The number of benzene rings is 3. The van der Waals surface area contributed by atoms with Gasteiger partial charge in [0.25, 0.3) is 0 Å². The summed E-state index contributed by atoms with van der Waals surface area (Å²) in [6.07, 6.45) is 67.5. The van der Waals surface area contributed by atoms with Gasteiger partial charge in [-0.05, 0) is 74.8 Å². The van der Waals surface area contributed by atoms with E-state index in [1.54, 1.807) is 0 Å². The summed E-state index contributed by atoms with van der Waals surface area (Å²) in [5.74, 6) is 0. The Morgan fingerprint density at radius 2 is 0.432 bits per heavy atom. The van der Waals surface area contributed by atoms with Gasteiger partial charge in [0.05, 0.1) is 0 Å². The predicted octanol–water partition coefficient (Wildman–Crippen LogP) is 28.8. The van der Waals surface area contributed by atoms with E-state index in [1.165, 1.54) is 325 Å². The molecule has 0 spiro atoms. The summed E-state index contributed by atoms with van der Waals surface area (Å²) in [6, 6.07) is 32.5. The Kier molecular flexibility index (Phi) is 60.5. The number of halogens is 3. The van der Waals surface area contributed by atoms with Crippen LogP contribution in [0.1, 0.15) is 365 Å². The van der Waals surface area contributed by atoms with E-state index in [0.717, 1.165) is 58.9 Å². The fourth-order valence-corrected chi connectivity index (χ4v) is 17.3. The van der Waals surface area contributed by atoms with Gasteiger partial charge in [-0.15, -0.1) is 0 Å². The van der Waals surface area contributed by atoms with E-state index in [0.29, 0.717) is 19.3 Å². The minimum Gasteiger partial charge on any atom is -0.299 e. The molecule has 7 nitrogen and oxygen atoms in total. The second kappa shape index (κ2) is 65.1. The Balaban J connectivity index is 1.60. The predicted molar refractivity (Wildman–Crippen MR) is 427 cm³/mol. The van der Waals surface area contributed by atoms with Gasteiger partial charge in [-0.25, -0.2) is 4.57 Å². The van der Waals surface area contributed by atoms with E-state index < -0.39 is 22.9 Å². The summed E-state index contributed by atoms with van der Waals surface area (Å²) in [5.41, 5.74) is 3.93. The first-order valence-electron chi connectivity index (χ1n) is 40.6. The first-order chi connectivity index (χ1) is 46.7. The molecular formula is C84H147Br3N3O4P. The Morgan fingerprint density at radius 3 is 0.611 bits per heavy atom. The molecule has 0 aromatic heterocycles. The minimum absolute atomic E-state index is 0.536. The summed E-state index contributed by atoms with van der Waals surface area (Å²) in [7, 11) is -4.13. The van der Waals surface area contributed by atoms with Crippen LogP contribution in [0, 0.1) is 0 Å². The number of rotatable bonds is 72. The zero-order valence-corrected chi connectivity index (χ0v) is 67.5. The van der Waals surface area contributed by atoms with Crippen molar-refractivity contribution in [3.63, 3.8) is 0 Å². The van der Waals surface area contributed by atoms with E-state index in [-0.39, 0.29) is 0 Å². The average Bonchev–Trinajstić information content (AvgIpc) is 0.971. The first-order valence-corrected chi connectivity index (χ1v) is 44.8. The highest BCUT2D eigenvalue weighted by atomic mass is 79.9. The summed E-state index contributed by atoms with van der Waals surface area (Å²) < 4.78 is 35.0. The summed E-state index contributed by atoms with van der Waals surface area (Å²) in [5, 5.41) is -1.61.